The van der Waals surface area contributed by atoms with Crippen molar-refractivity contribution >= 4 is 45.1 Å². The molecule has 0 saturated carbocycles. The third-order valence-electron chi connectivity index (χ3n) is 3.84. The monoisotopic (exact) mass is 440 g/mol. The van der Waals surface area contributed by atoms with Crippen LogP contribution in [0.15, 0.2) is 18.3 Å². The van der Waals surface area contributed by atoms with Crippen LogP contribution in [0.25, 0.3) is 10.9 Å². The van der Waals surface area contributed by atoms with Gasteiger partial charge in [0.1, 0.15) is 17.2 Å². The number of nitro benzene ring substituents is 1. The maximum atomic E-state index is 12.7. The van der Waals surface area contributed by atoms with Gasteiger partial charge in [-0.2, -0.15) is 0 Å². The third kappa shape index (κ3) is 4.65. The van der Waals surface area contributed by atoms with Crippen LogP contribution in [0, 0.1) is 10.1 Å². The van der Waals surface area contributed by atoms with Crippen LogP contribution >= 0.6 is 15.9 Å². The second-order valence-corrected chi connectivity index (χ2v) is 7.81. The Hall–Kier alpha value is -2.42. The molecule has 9 heteroatoms. The lowest BCUT2D eigenvalue weighted by Crippen LogP contribution is -2.26. The highest BCUT2D eigenvalue weighted by Gasteiger charge is 2.28. The smallest absolute Gasteiger partial charge is 0.419 e. The number of carbonyl (C=O) groups excluding carboxylic acids is 2. The largest absolute Gasteiger partial charge is 0.460 e. The van der Waals surface area contributed by atoms with Crippen LogP contribution in [-0.4, -0.2) is 33.0 Å². The Labute approximate surface area is 164 Å². The van der Waals surface area contributed by atoms with Crippen molar-refractivity contribution in [2.45, 2.75) is 45.8 Å². The zero-order valence-electron chi connectivity index (χ0n) is 15.5. The molecular formula is C18H21BrN2O6. The van der Waals surface area contributed by atoms with E-state index in [1.807, 2.05) is 0 Å². The molecule has 0 amide bonds. The molecule has 146 valence electrons. The van der Waals surface area contributed by atoms with Gasteiger partial charge in [-0.25, -0.2) is 9.36 Å². The predicted octanol–water partition coefficient (Wildman–Crippen LogP) is 4.50. The maximum Gasteiger partial charge on any atom is 0.419 e. The summed E-state index contributed by atoms with van der Waals surface area (Å²) in [5.74, 6) is 0. The number of alkyl halides is 1. The van der Waals surface area contributed by atoms with Crippen molar-refractivity contribution in [3.8, 4) is 0 Å². The van der Waals surface area contributed by atoms with Gasteiger partial charge in [0.15, 0.2) is 0 Å². The van der Waals surface area contributed by atoms with Crippen LogP contribution in [0.2, 0.25) is 0 Å². The van der Waals surface area contributed by atoms with Crippen molar-refractivity contribution in [1.29, 1.82) is 0 Å². The molecule has 8 nitrogen and oxygen atoms in total. The summed E-state index contributed by atoms with van der Waals surface area (Å²) in [6.45, 7) is 7.05. The highest BCUT2D eigenvalue weighted by atomic mass is 79.9. The number of nitro groups is 1. The Bertz CT molecular complexity index is 884. The number of hydrogen-bond acceptors (Lipinski definition) is 6. The van der Waals surface area contributed by atoms with Crippen molar-refractivity contribution < 1.29 is 24.0 Å². The van der Waals surface area contributed by atoms with Crippen LogP contribution < -0.4 is 0 Å². The molecule has 1 aromatic heterocycles. The molecule has 1 heterocycles. The molecule has 0 aliphatic heterocycles. The number of rotatable bonds is 6. The molecule has 1 aromatic carbocycles. The summed E-state index contributed by atoms with van der Waals surface area (Å²) >= 11 is 3.33. The third-order valence-corrected chi connectivity index (χ3v) is 4.23. The number of ether oxygens (including phenoxy) is 2. The zero-order valence-corrected chi connectivity index (χ0v) is 17.1. The number of halogens is 1. The molecule has 27 heavy (non-hydrogen) atoms. The van der Waals surface area contributed by atoms with Gasteiger partial charge in [0.05, 0.1) is 4.92 Å². The first-order valence-corrected chi connectivity index (χ1v) is 9.42. The van der Waals surface area contributed by atoms with Crippen molar-refractivity contribution in [3.05, 3.63) is 39.6 Å². The molecule has 1 unspecified atom stereocenters. The fourth-order valence-electron chi connectivity index (χ4n) is 2.75. The molecule has 0 saturated heterocycles. The Morgan fingerprint density at radius 3 is 2.59 bits per heavy atom. The number of aryl methyl sites for hydroxylation is 1. The predicted molar refractivity (Wildman–Crippen MR) is 103 cm³/mol. The summed E-state index contributed by atoms with van der Waals surface area (Å²) < 4.78 is 11.5. The van der Waals surface area contributed by atoms with Gasteiger partial charge in [-0.1, -0.05) is 15.9 Å². The molecule has 0 bridgehead atoms. The summed E-state index contributed by atoms with van der Waals surface area (Å²) in [5.41, 5.74) is 0.349. The second-order valence-electron chi connectivity index (χ2n) is 7.02. The van der Waals surface area contributed by atoms with Gasteiger partial charge in [-0.3, -0.25) is 14.9 Å². The summed E-state index contributed by atoms with van der Waals surface area (Å²) in [5, 5.41) is 12.8. The van der Waals surface area contributed by atoms with E-state index in [1.54, 1.807) is 33.8 Å². The van der Waals surface area contributed by atoms with Gasteiger partial charge in [0.25, 0.3) is 12.2 Å². The molecule has 0 aliphatic carbocycles. The lowest BCUT2D eigenvalue weighted by Gasteiger charge is -2.19. The maximum absolute atomic E-state index is 12.7. The van der Waals surface area contributed by atoms with E-state index in [0.717, 1.165) is 10.1 Å². The standard InChI is InChI=1S/C18H21BrN2O6/c1-11(26-10-22)14-9-20(17(23)27-18(2,3)4)16-13(14)7-12(5-6-19)8-15(16)21(24)25/h7-11H,5-6H2,1-4H3. The molecule has 2 rings (SSSR count). The number of benzene rings is 1. The number of fused-ring (bicyclic) bond motifs is 1. The normalized spacial score (nSPS) is 12.6. The van der Waals surface area contributed by atoms with Gasteiger partial charge in [-0.05, 0) is 45.7 Å². The lowest BCUT2D eigenvalue weighted by atomic mass is 10.0. The van der Waals surface area contributed by atoms with Gasteiger partial charge in [0, 0.05) is 28.5 Å². The van der Waals surface area contributed by atoms with Gasteiger partial charge in [0.2, 0.25) is 0 Å². The minimum absolute atomic E-state index is 0.115. The molecule has 0 aliphatic rings. The molecule has 1 atom stereocenters. The van der Waals surface area contributed by atoms with Gasteiger partial charge < -0.3 is 9.47 Å². The molecule has 0 fully saturated rings. The highest BCUT2D eigenvalue weighted by molar-refractivity contribution is 9.09. The SMILES string of the molecule is CC(OC=O)c1cn(C(=O)OC(C)(C)C)c2c([N+](=O)[O-])cc(CCBr)cc12. The van der Waals surface area contributed by atoms with Crippen LogP contribution in [0.5, 0.6) is 0 Å². The number of hydrogen-bond donors (Lipinski definition) is 0. The van der Waals surface area contributed by atoms with E-state index < -0.39 is 22.7 Å². The molecular weight excluding hydrogens is 420 g/mol. The summed E-state index contributed by atoms with van der Waals surface area (Å²) in [6.07, 6.45) is 0.565. The van der Waals surface area contributed by atoms with Crippen LogP contribution in [0.3, 0.4) is 0 Å². The number of carbonyl (C=O) groups is 2. The quantitative estimate of drug-likeness (QED) is 0.283. The Morgan fingerprint density at radius 2 is 2.07 bits per heavy atom. The van der Waals surface area contributed by atoms with E-state index in [9.17, 15) is 19.7 Å². The average molecular weight is 441 g/mol. The fourth-order valence-corrected chi connectivity index (χ4v) is 3.21. The first kappa shape index (κ1) is 20.9. The number of nitrogens with zero attached hydrogens (tertiary/aromatic N) is 2. The number of non-ortho nitro benzene ring substituents is 1. The van der Waals surface area contributed by atoms with E-state index in [4.69, 9.17) is 9.47 Å². The van der Waals surface area contributed by atoms with Gasteiger partial charge >= 0.3 is 6.09 Å². The minimum Gasteiger partial charge on any atom is -0.460 e. The zero-order chi connectivity index (χ0) is 20.4. The molecule has 0 spiro atoms. The first-order valence-electron chi connectivity index (χ1n) is 8.29. The van der Waals surface area contributed by atoms with E-state index in [0.29, 0.717) is 29.2 Å². The van der Waals surface area contributed by atoms with Crippen LogP contribution in [0.1, 0.15) is 44.9 Å². The first-order chi connectivity index (χ1) is 12.6. The van der Waals surface area contributed by atoms with Crippen molar-refractivity contribution in [3.63, 3.8) is 0 Å². The summed E-state index contributed by atoms with van der Waals surface area (Å²) in [6, 6.07) is 3.21. The van der Waals surface area contributed by atoms with Gasteiger partial charge in [-0.15, -0.1) is 0 Å². The average Bonchev–Trinajstić information content (AvgIpc) is 2.92. The summed E-state index contributed by atoms with van der Waals surface area (Å²) in [7, 11) is 0. The molecule has 0 radical (unpaired) electrons. The fraction of sp³-hybridized carbons (Fsp3) is 0.444. The topological polar surface area (TPSA) is 101 Å². The van der Waals surface area contributed by atoms with Crippen LogP contribution in [0.4, 0.5) is 10.5 Å². The van der Waals surface area contributed by atoms with E-state index in [2.05, 4.69) is 15.9 Å². The van der Waals surface area contributed by atoms with Crippen LogP contribution in [-0.2, 0) is 20.7 Å². The van der Waals surface area contributed by atoms with Crippen molar-refractivity contribution in [2.24, 2.45) is 0 Å². The van der Waals surface area contributed by atoms with E-state index in [-0.39, 0.29) is 11.2 Å². The highest BCUT2D eigenvalue weighted by Crippen LogP contribution is 2.36. The Morgan fingerprint density at radius 1 is 1.41 bits per heavy atom. The Kier molecular flexibility index (Phi) is 6.25. The summed E-state index contributed by atoms with van der Waals surface area (Å²) in [4.78, 5) is 34.6. The van der Waals surface area contributed by atoms with E-state index >= 15 is 0 Å². The van der Waals surface area contributed by atoms with E-state index in [1.165, 1.54) is 12.3 Å². The Balaban J connectivity index is 2.80. The molecule has 0 N–H and O–H groups in total. The van der Waals surface area contributed by atoms with Crippen molar-refractivity contribution in [2.75, 3.05) is 5.33 Å². The van der Waals surface area contributed by atoms with Crippen molar-refractivity contribution in [1.82, 2.24) is 4.57 Å². The lowest BCUT2D eigenvalue weighted by molar-refractivity contribution is -0.383. The minimum atomic E-state index is -0.774. The number of aromatic nitrogens is 1. The molecule has 2 aromatic rings. The second kappa shape index (κ2) is 8.08.